The van der Waals surface area contributed by atoms with Gasteiger partial charge in [-0.3, -0.25) is 0 Å². The Hall–Kier alpha value is -1.01. The van der Waals surface area contributed by atoms with Crippen molar-refractivity contribution in [3.05, 3.63) is 11.6 Å². The van der Waals surface area contributed by atoms with Crippen LogP contribution in [0.5, 0.6) is 0 Å². The maximum absolute atomic E-state index is 12.4. The molecular weight excluding hydrogens is 196 g/mol. The van der Waals surface area contributed by atoms with E-state index >= 15 is 0 Å². The number of alkyl halides is 2. The van der Waals surface area contributed by atoms with Crippen LogP contribution in [0.25, 0.3) is 0 Å². The Morgan fingerprint density at radius 3 is 2.57 bits per heavy atom. The van der Waals surface area contributed by atoms with Crippen molar-refractivity contribution in [2.75, 3.05) is 19.7 Å². The van der Waals surface area contributed by atoms with Crippen LogP contribution in [0.2, 0.25) is 0 Å². The Kier molecular flexibility index (Phi) is 5.26. The van der Waals surface area contributed by atoms with Gasteiger partial charge in [0.1, 0.15) is 6.61 Å². The van der Waals surface area contributed by atoms with Crippen molar-refractivity contribution < 1.29 is 23.8 Å². The zero-order chi connectivity index (χ0) is 11.2. The van der Waals surface area contributed by atoms with Gasteiger partial charge in [0.05, 0.1) is 6.54 Å². The molecule has 0 radical (unpaired) electrons. The second-order valence-corrected chi connectivity index (χ2v) is 2.95. The van der Waals surface area contributed by atoms with Crippen LogP contribution in [0.4, 0.5) is 8.78 Å². The molecule has 0 rings (SSSR count). The minimum atomic E-state index is -3.16. The van der Waals surface area contributed by atoms with E-state index < -0.39 is 25.0 Å². The van der Waals surface area contributed by atoms with Crippen LogP contribution < -0.4 is 5.32 Å². The normalized spacial score (nSPS) is 13.0. The van der Waals surface area contributed by atoms with Crippen LogP contribution in [0.1, 0.15) is 6.92 Å². The molecule has 0 aliphatic heterocycles. The fourth-order valence-electron chi connectivity index (χ4n) is 0.760. The zero-order valence-electron chi connectivity index (χ0n) is 7.76. The van der Waals surface area contributed by atoms with Crippen LogP contribution in [0.3, 0.4) is 0 Å². The van der Waals surface area contributed by atoms with Gasteiger partial charge in [-0.25, -0.2) is 13.6 Å². The first kappa shape index (κ1) is 13.0. The lowest BCUT2D eigenvalue weighted by Gasteiger charge is -2.13. The fraction of sp³-hybridized carbons (Fsp3) is 0.625. The predicted octanol–water partition coefficient (Wildman–Crippen LogP) is 0.235. The molecule has 82 valence electrons. The highest BCUT2D eigenvalue weighted by Gasteiger charge is 2.26. The maximum Gasteiger partial charge on any atom is 0.328 e. The number of aliphatic carboxylic acids is 1. The Labute approximate surface area is 80.2 Å². The molecule has 0 aromatic heterocycles. The summed E-state index contributed by atoms with van der Waals surface area (Å²) in [6.07, 6.45) is 0.935. The molecule has 0 heterocycles. The molecule has 3 N–H and O–H groups in total. The molecule has 0 spiro atoms. The largest absolute Gasteiger partial charge is 0.478 e. The molecule has 6 heteroatoms. The predicted molar refractivity (Wildman–Crippen MR) is 46.3 cm³/mol. The van der Waals surface area contributed by atoms with E-state index in [9.17, 15) is 13.6 Å². The molecule has 0 saturated carbocycles. The third kappa shape index (κ3) is 6.50. The van der Waals surface area contributed by atoms with E-state index in [1.165, 1.54) is 6.92 Å². The average molecular weight is 209 g/mol. The van der Waals surface area contributed by atoms with E-state index in [1.54, 1.807) is 0 Å². The van der Waals surface area contributed by atoms with Crippen molar-refractivity contribution in [1.29, 1.82) is 0 Å². The standard InChI is InChI=1S/C8H13F2NO3/c1-6(2-7(13)14)3-11-4-8(9,10)5-12/h2,11-12H,3-5H2,1H3,(H,13,14). The third-order valence-electron chi connectivity index (χ3n) is 1.39. The minimum Gasteiger partial charge on any atom is -0.478 e. The van der Waals surface area contributed by atoms with Crippen molar-refractivity contribution in [3.8, 4) is 0 Å². The molecule has 0 aliphatic rings. The number of halogens is 2. The Bertz CT molecular complexity index is 229. The van der Waals surface area contributed by atoms with Crippen molar-refractivity contribution in [3.63, 3.8) is 0 Å². The van der Waals surface area contributed by atoms with Crippen LogP contribution in [0.15, 0.2) is 11.6 Å². The second-order valence-electron chi connectivity index (χ2n) is 2.95. The van der Waals surface area contributed by atoms with Gasteiger partial charge in [-0.15, -0.1) is 0 Å². The highest BCUT2D eigenvalue weighted by molar-refractivity contribution is 5.80. The van der Waals surface area contributed by atoms with Crippen molar-refractivity contribution >= 4 is 5.97 Å². The molecule has 0 aromatic carbocycles. The van der Waals surface area contributed by atoms with E-state index in [1.807, 2.05) is 0 Å². The highest BCUT2D eigenvalue weighted by Crippen LogP contribution is 2.09. The summed E-state index contributed by atoms with van der Waals surface area (Å²) in [6, 6.07) is 0. The smallest absolute Gasteiger partial charge is 0.328 e. The molecule has 4 nitrogen and oxygen atoms in total. The Morgan fingerprint density at radius 2 is 2.14 bits per heavy atom. The van der Waals surface area contributed by atoms with Crippen molar-refractivity contribution in [2.45, 2.75) is 12.8 Å². The van der Waals surface area contributed by atoms with Crippen molar-refractivity contribution in [1.82, 2.24) is 5.32 Å². The quantitative estimate of drug-likeness (QED) is 0.548. The lowest BCUT2D eigenvalue weighted by Crippen LogP contribution is -2.36. The SMILES string of the molecule is CC(=CC(=O)O)CNCC(F)(F)CO. The molecule has 0 unspecified atom stereocenters. The first-order valence-corrected chi connectivity index (χ1v) is 3.97. The number of carbonyl (C=O) groups is 1. The van der Waals surface area contributed by atoms with E-state index in [2.05, 4.69) is 5.32 Å². The summed E-state index contributed by atoms with van der Waals surface area (Å²) in [5.74, 6) is -4.28. The molecule has 0 aromatic rings. The van der Waals surface area contributed by atoms with Crippen LogP contribution in [-0.4, -0.2) is 41.8 Å². The van der Waals surface area contributed by atoms with Gasteiger partial charge < -0.3 is 15.5 Å². The van der Waals surface area contributed by atoms with E-state index in [-0.39, 0.29) is 6.54 Å². The number of hydrogen-bond donors (Lipinski definition) is 3. The summed E-state index contributed by atoms with van der Waals surface area (Å²) in [5, 5.41) is 18.8. The topological polar surface area (TPSA) is 69.6 Å². The van der Waals surface area contributed by atoms with Gasteiger partial charge in [-0.2, -0.15) is 0 Å². The van der Waals surface area contributed by atoms with E-state index in [0.29, 0.717) is 5.57 Å². The van der Waals surface area contributed by atoms with Gasteiger partial charge in [0.2, 0.25) is 0 Å². The average Bonchev–Trinajstić information content (AvgIpc) is 2.02. The number of aliphatic hydroxyl groups excluding tert-OH is 1. The van der Waals surface area contributed by atoms with Gasteiger partial charge in [0, 0.05) is 12.6 Å². The molecule has 0 fully saturated rings. The first-order chi connectivity index (χ1) is 6.37. The summed E-state index contributed by atoms with van der Waals surface area (Å²) in [5.41, 5.74) is 0.436. The van der Waals surface area contributed by atoms with Gasteiger partial charge >= 0.3 is 5.97 Å². The summed E-state index contributed by atoms with van der Waals surface area (Å²) in [7, 11) is 0. The summed E-state index contributed by atoms with van der Waals surface area (Å²) >= 11 is 0. The van der Waals surface area contributed by atoms with Gasteiger partial charge in [0.15, 0.2) is 0 Å². The Balaban J connectivity index is 3.80. The fourth-order valence-corrected chi connectivity index (χ4v) is 0.760. The number of nitrogens with one attached hydrogen (secondary N) is 1. The highest BCUT2D eigenvalue weighted by atomic mass is 19.3. The molecule has 0 bridgehead atoms. The Morgan fingerprint density at radius 1 is 1.57 bits per heavy atom. The van der Waals surface area contributed by atoms with Crippen LogP contribution in [-0.2, 0) is 4.79 Å². The third-order valence-corrected chi connectivity index (χ3v) is 1.39. The molecular formula is C8H13F2NO3. The van der Waals surface area contributed by atoms with E-state index in [0.717, 1.165) is 6.08 Å². The maximum atomic E-state index is 12.4. The summed E-state index contributed by atoms with van der Waals surface area (Å²) in [4.78, 5) is 10.1. The second kappa shape index (κ2) is 5.66. The summed E-state index contributed by atoms with van der Waals surface area (Å²) < 4.78 is 24.8. The number of carboxylic acid groups (broad SMARTS) is 1. The first-order valence-electron chi connectivity index (χ1n) is 3.97. The molecule has 0 saturated heterocycles. The monoisotopic (exact) mass is 209 g/mol. The minimum absolute atomic E-state index is 0.0574. The lowest BCUT2D eigenvalue weighted by atomic mass is 10.2. The zero-order valence-corrected chi connectivity index (χ0v) is 7.76. The van der Waals surface area contributed by atoms with Gasteiger partial charge in [-0.1, -0.05) is 5.57 Å². The van der Waals surface area contributed by atoms with Gasteiger partial charge in [0.25, 0.3) is 5.92 Å². The molecule has 14 heavy (non-hydrogen) atoms. The number of carboxylic acids is 1. The molecule has 0 amide bonds. The summed E-state index contributed by atoms with van der Waals surface area (Å²) in [6.45, 7) is -0.323. The van der Waals surface area contributed by atoms with Crippen LogP contribution in [0, 0.1) is 0 Å². The van der Waals surface area contributed by atoms with Crippen LogP contribution >= 0.6 is 0 Å². The number of rotatable bonds is 6. The molecule has 0 aliphatic carbocycles. The van der Waals surface area contributed by atoms with Gasteiger partial charge in [-0.05, 0) is 6.92 Å². The number of aliphatic hydroxyl groups is 1. The van der Waals surface area contributed by atoms with E-state index in [4.69, 9.17) is 10.2 Å². The molecule has 0 atom stereocenters. The van der Waals surface area contributed by atoms with Crippen molar-refractivity contribution in [2.24, 2.45) is 0 Å². The number of hydrogen-bond acceptors (Lipinski definition) is 3. The lowest BCUT2D eigenvalue weighted by molar-refractivity contribution is -0.131.